The Balaban J connectivity index is 2.13. The highest BCUT2D eigenvalue weighted by Crippen LogP contribution is 2.14. The van der Waals surface area contributed by atoms with Crippen molar-refractivity contribution >= 4 is 10.0 Å². The highest BCUT2D eigenvalue weighted by atomic mass is 32.2. The Kier molecular flexibility index (Phi) is 8.21. The molecule has 10 heteroatoms. The van der Waals surface area contributed by atoms with E-state index in [0.717, 1.165) is 25.7 Å². The molecule has 0 amide bonds. The number of hydrogen-bond acceptors (Lipinski definition) is 6. The number of aliphatic hydroxyl groups is 1. The molecule has 1 aliphatic heterocycles. The van der Waals surface area contributed by atoms with E-state index in [4.69, 9.17) is 5.11 Å². The lowest BCUT2D eigenvalue weighted by molar-refractivity contribution is 0.171. The molecule has 1 aliphatic rings. The maximum atomic E-state index is 12.9. The largest absolute Gasteiger partial charge is 0.396 e. The Morgan fingerprint density at radius 1 is 1.04 bits per heavy atom. The van der Waals surface area contributed by atoms with E-state index >= 15 is 0 Å². The molecular formula is C17H30N4O5S. The summed E-state index contributed by atoms with van der Waals surface area (Å²) in [6.45, 7) is 4.95. The van der Waals surface area contributed by atoms with Gasteiger partial charge in [0.1, 0.15) is 0 Å². The van der Waals surface area contributed by atoms with Gasteiger partial charge < -0.3 is 10.0 Å². The fourth-order valence-corrected chi connectivity index (χ4v) is 4.64. The maximum absolute atomic E-state index is 12.9. The molecule has 1 aromatic rings. The number of unbranched alkanes of at least 4 members (excludes halogenated alkanes) is 3. The predicted molar refractivity (Wildman–Crippen MR) is 102 cm³/mol. The topological polar surface area (TPSA) is 116 Å². The van der Waals surface area contributed by atoms with E-state index in [1.165, 1.54) is 15.1 Å². The predicted octanol–water partition coefficient (Wildman–Crippen LogP) is -0.194. The fourth-order valence-electron chi connectivity index (χ4n) is 3.17. The number of nitrogens with zero attached hydrogens (tertiary/aromatic N) is 3. The quantitative estimate of drug-likeness (QED) is 0.524. The molecule has 0 atom stereocenters. The molecule has 27 heavy (non-hydrogen) atoms. The summed E-state index contributed by atoms with van der Waals surface area (Å²) in [7, 11) is -3.96. The van der Waals surface area contributed by atoms with Gasteiger partial charge in [-0.3, -0.25) is 14.3 Å². The van der Waals surface area contributed by atoms with Gasteiger partial charge in [0.2, 0.25) is 10.0 Å². The molecule has 154 valence electrons. The lowest BCUT2D eigenvalue weighted by Crippen LogP contribution is -2.50. The Morgan fingerprint density at radius 3 is 2.37 bits per heavy atom. The third kappa shape index (κ3) is 5.74. The second-order valence-electron chi connectivity index (χ2n) is 6.83. The minimum atomic E-state index is -3.96. The van der Waals surface area contributed by atoms with E-state index in [1.807, 2.05) is 0 Å². The molecule has 1 fully saturated rings. The van der Waals surface area contributed by atoms with Gasteiger partial charge in [-0.05, 0) is 12.8 Å². The van der Waals surface area contributed by atoms with Crippen molar-refractivity contribution in [3.05, 3.63) is 27.0 Å². The number of hydrogen-bond donors (Lipinski definition) is 2. The van der Waals surface area contributed by atoms with E-state index in [2.05, 4.69) is 16.8 Å². The van der Waals surface area contributed by atoms with Crippen LogP contribution >= 0.6 is 0 Å². The van der Waals surface area contributed by atoms with Crippen LogP contribution in [0.25, 0.3) is 0 Å². The van der Waals surface area contributed by atoms with Crippen LogP contribution in [0.1, 0.15) is 39.0 Å². The van der Waals surface area contributed by atoms with Crippen molar-refractivity contribution in [3.63, 3.8) is 0 Å². The van der Waals surface area contributed by atoms with Gasteiger partial charge in [0.15, 0.2) is 4.90 Å². The summed E-state index contributed by atoms with van der Waals surface area (Å²) in [5.41, 5.74) is -1.45. The molecule has 0 aromatic carbocycles. The summed E-state index contributed by atoms with van der Waals surface area (Å²) in [4.78, 5) is 28.0. The van der Waals surface area contributed by atoms with Crippen LogP contribution in [-0.2, 0) is 16.6 Å². The van der Waals surface area contributed by atoms with Crippen molar-refractivity contribution in [1.82, 2.24) is 18.8 Å². The van der Waals surface area contributed by atoms with Gasteiger partial charge in [0, 0.05) is 52.1 Å². The second-order valence-corrected chi connectivity index (χ2v) is 8.74. The summed E-state index contributed by atoms with van der Waals surface area (Å²) in [5.74, 6) is 0. The van der Waals surface area contributed by atoms with Gasteiger partial charge in [0.25, 0.3) is 5.56 Å². The molecule has 0 aliphatic carbocycles. The lowest BCUT2D eigenvalue weighted by atomic mass is 10.2. The highest BCUT2D eigenvalue weighted by Gasteiger charge is 2.31. The maximum Gasteiger partial charge on any atom is 0.328 e. The zero-order valence-electron chi connectivity index (χ0n) is 15.9. The van der Waals surface area contributed by atoms with Crippen LogP contribution in [0.15, 0.2) is 20.7 Å². The van der Waals surface area contributed by atoms with Crippen molar-refractivity contribution < 1.29 is 13.5 Å². The number of aryl methyl sites for hydroxylation is 1. The summed E-state index contributed by atoms with van der Waals surface area (Å²) in [6.07, 6.45) is 5.63. The Morgan fingerprint density at radius 2 is 1.74 bits per heavy atom. The lowest BCUT2D eigenvalue weighted by Gasteiger charge is -2.33. The Bertz CT molecular complexity index is 809. The molecule has 2 heterocycles. The average Bonchev–Trinajstić information content (AvgIpc) is 2.65. The van der Waals surface area contributed by atoms with E-state index < -0.39 is 21.3 Å². The number of rotatable bonds is 10. The van der Waals surface area contributed by atoms with Gasteiger partial charge in [-0.1, -0.05) is 26.2 Å². The minimum absolute atomic E-state index is 0.105. The third-order valence-corrected chi connectivity index (χ3v) is 6.70. The number of aromatic amines is 1. The van der Waals surface area contributed by atoms with Crippen molar-refractivity contribution in [3.8, 4) is 0 Å². The van der Waals surface area contributed by atoms with Crippen LogP contribution in [0.5, 0.6) is 0 Å². The standard InChI is InChI=1S/C17H30N4O5S/c1-2-3-4-5-8-20-14-15(16(23)18-17(20)24)27(25,26)21-11-9-19(10-12-21)7-6-13-22/h14,22H,2-13H2,1H3,(H,18,23,24). The van der Waals surface area contributed by atoms with Crippen LogP contribution in [0.2, 0.25) is 0 Å². The molecule has 9 nitrogen and oxygen atoms in total. The summed E-state index contributed by atoms with van der Waals surface area (Å²) in [5, 5.41) is 8.90. The Labute approximate surface area is 159 Å². The molecule has 0 bridgehead atoms. The van der Waals surface area contributed by atoms with E-state index in [1.54, 1.807) is 0 Å². The molecule has 2 N–H and O–H groups in total. The van der Waals surface area contributed by atoms with Gasteiger partial charge >= 0.3 is 5.69 Å². The molecule has 1 saturated heterocycles. The third-order valence-electron chi connectivity index (χ3n) is 4.81. The normalized spacial score (nSPS) is 16.7. The van der Waals surface area contributed by atoms with Gasteiger partial charge in [-0.15, -0.1) is 0 Å². The summed E-state index contributed by atoms with van der Waals surface area (Å²) >= 11 is 0. The van der Waals surface area contributed by atoms with Crippen LogP contribution in [0.3, 0.4) is 0 Å². The molecule has 0 spiro atoms. The van der Waals surface area contributed by atoms with Gasteiger partial charge in [-0.25, -0.2) is 13.2 Å². The van der Waals surface area contributed by atoms with Gasteiger partial charge in [0.05, 0.1) is 0 Å². The smallest absolute Gasteiger partial charge is 0.328 e. The molecule has 0 radical (unpaired) electrons. The van der Waals surface area contributed by atoms with Crippen molar-refractivity contribution in [2.45, 2.75) is 50.5 Å². The van der Waals surface area contributed by atoms with Gasteiger partial charge in [-0.2, -0.15) is 4.31 Å². The number of aliphatic hydroxyl groups excluding tert-OH is 1. The van der Waals surface area contributed by atoms with Crippen LogP contribution in [0, 0.1) is 0 Å². The number of nitrogens with one attached hydrogen (secondary N) is 1. The van der Waals surface area contributed by atoms with E-state index in [-0.39, 0.29) is 24.6 Å². The van der Waals surface area contributed by atoms with E-state index in [9.17, 15) is 18.0 Å². The van der Waals surface area contributed by atoms with Crippen LogP contribution < -0.4 is 11.2 Å². The van der Waals surface area contributed by atoms with Crippen LogP contribution in [0.4, 0.5) is 0 Å². The molecule has 0 saturated carbocycles. The first-order chi connectivity index (χ1) is 12.9. The second kappa shape index (κ2) is 10.2. The minimum Gasteiger partial charge on any atom is -0.396 e. The first-order valence-corrected chi connectivity index (χ1v) is 11.0. The number of H-pyrrole nitrogens is 1. The molecule has 2 rings (SSSR count). The Hall–Kier alpha value is -1.49. The summed E-state index contributed by atoms with van der Waals surface area (Å²) < 4.78 is 28.4. The SMILES string of the molecule is CCCCCCn1cc(S(=O)(=O)N2CCN(CCCO)CC2)c(=O)[nH]c1=O. The van der Waals surface area contributed by atoms with Crippen molar-refractivity contribution in [1.29, 1.82) is 0 Å². The first kappa shape index (κ1) is 21.8. The first-order valence-electron chi connectivity index (χ1n) is 9.57. The fraction of sp³-hybridized carbons (Fsp3) is 0.765. The summed E-state index contributed by atoms with van der Waals surface area (Å²) in [6, 6.07) is 0. The molecular weight excluding hydrogens is 372 g/mol. The van der Waals surface area contributed by atoms with Crippen molar-refractivity contribution in [2.24, 2.45) is 0 Å². The number of piperazine rings is 1. The van der Waals surface area contributed by atoms with Crippen LogP contribution in [-0.4, -0.2) is 71.6 Å². The monoisotopic (exact) mass is 402 g/mol. The number of aromatic nitrogens is 2. The highest BCUT2D eigenvalue weighted by molar-refractivity contribution is 7.89. The zero-order valence-corrected chi connectivity index (χ0v) is 16.7. The molecule has 0 unspecified atom stereocenters. The number of sulfonamides is 1. The van der Waals surface area contributed by atoms with E-state index in [0.29, 0.717) is 32.6 Å². The molecule has 1 aromatic heterocycles. The average molecular weight is 403 g/mol. The zero-order chi connectivity index (χ0) is 19.9. The van der Waals surface area contributed by atoms with Crippen molar-refractivity contribution in [2.75, 3.05) is 39.3 Å².